The van der Waals surface area contributed by atoms with Crippen molar-refractivity contribution in [2.75, 3.05) is 23.0 Å². The number of carbonyl (C=O) groups is 2. The summed E-state index contributed by atoms with van der Waals surface area (Å²) < 4.78 is 5.35. The number of halogens is 1. The van der Waals surface area contributed by atoms with Crippen molar-refractivity contribution in [2.45, 2.75) is 25.2 Å². The smallest absolute Gasteiger partial charge is 0.262 e. The molecule has 1 aliphatic heterocycles. The molecule has 136 valence electrons. The molecular weight excluding hydrogens is 372 g/mol. The van der Waals surface area contributed by atoms with Gasteiger partial charge in [-0.05, 0) is 43.2 Å². The van der Waals surface area contributed by atoms with Crippen LogP contribution in [0.4, 0.5) is 11.4 Å². The maximum atomic E-state index is 12.2. The van der Waals surface area contributed by atoms with Gasteiger partial charge < -0.3 is 15.4 Å². The van der Waals surface area contributed by atoms with Crippen molar-refractivity contribution in [2.24, 2.45) is 0 Å². The quantitative estimate of drug-likeness (QED) is 0.742. The van der Waals surface area contributed by atoms with E-state index in [-0.39, 0.29) is 18.4 Å². The molecule has 0 aromatic heterocycles. The van der Waals surface area contributed by atoms with Crippen LogP contribution < -0.4 is 15.4 Å². The standard InChI is InChI=1S/C19H19ClN2O3S/c1-11-3-4-13(7-12(11)2)26-6-5-18(23)21-15-9-17-16(8-14(15)20)22-19(24)10-25-17/h3-4,7-9H,5-6,10H2,1-2H3,(H,21,23)(H,22,24). The molecule has 2 aromatic rings. The van der Waals surface area contributed by atoms with Crippen molar-refractivity contribution in [3.63, 3.8) is 0 Å². The van der Waals surface area contributed by atoms with E-state index in [4.69, 9.17) is 16.3 Å². The van der Waals surface area contributed by atoms with Crippen LogP contribution in [0.5, 0.6) is 5.75 Å². The van der Waals surface area contributed by atoms with E-state index in [0.717, 1.165) is 4.90 Å². The monoisotopic (exact) mass is 390 g/mol. The molecular formula is C19H19ClN2O3S. The molecule has 7 heteroatoms. The molecule has 1 heterocycles. The van der Waals surface area contributed by atoms with Gasteiger partial charge in [0.15, 0.2) is 6.61 Å². The van der Waals surface area contributed by atoms with Gasteiger partial charge in [-0.1, -0.05) is 17.7 Å². The molecule has 5 nitrogen and oxygen atoms in total. The molecule has 3 rings (SSSR count). The van der Waals surface area contributed by atoms with Crippen LogP contribution in [0, 0.1) is 13.8 Å². The predicted molar refractivity (Wildman–Crippen MR) is 105 cm³/mol. The molecule has 2 amide bonds. The molecule has 0 bridgehead atoms. The summed E-state index contributed by atoms with van der Waals surface area (Å²) in [7, 11) is 0. The zero-order chi connectivity index (χ0) is 18.7. The van der Waals surface area contributed by atoms with E-state index in [9.17, 15) is 9.59 Å². The average Bonchev–Trinajstić information content (AvgIpc) is 2.59. The lowest BCUT2D eigenvalue weighted by Gasteiger charge is -2.19. The number of hydrogen-bond donors (Lipinski definition) is 2. The highest BCUT2D eigenvalue weighted by Crippen LogP contribution is 2.36. The molecule has 1 aliphatic rings. The highest BCUT2D eigenvalue weighted by molar-refractivity contribution is 7.99. The van der Waals surface area contributed by atoms with Gasteiger partial charge in [0.1, 0.15) is 5.75 Å². The predicted octanol–water partition coefficient (Wildman–Crippen LogP) is 4.41. The van der Waals surface area contributed by atoms with Crippen LogP contribution in [0.2, 0.25) is 5.02 Å². The van der Waals surface area contributed by atoms with Crippen molar-refractivity contribution >= 4 is 46.6 Å². The lowest BCUT2D eigenvalue weighted by atomic mass is 10.1. The Morgan fingerprint density at radius 1 is 1.27 bits per heavy atom. The maximum Gasteiger partial charge on any atom is 0.262 e. The molecule has 0 aliphatic carbocycles. The summed E-state index contributed by atoms with van der Waals surface area (Å²) >= 11 is 7.83. The number of hydrogen-bond acceptors (Lipinski definition) is 4. The number of anilines is 2. The van der Waals surface area contributed by atoms with E-state index >= 15 is 0 Å². The summed E-state index contributed by atoms with van der Waals surface area (Å²) in [6.45, 7) is 4.11. The van der Waals surface area contributed by atoms with E-state index in [0.29, 0.717) is 34.3 Å². The third kappa shape index (κ3) is 4.51. The normalized spacial score (nSPS) is 12.8. The third-order valence-electron chi connectivity index (χ3n) is 4.05. The topological polar surface area (TPSA) is 67.4 Å². The number of amides is 2. The van der Waals surface area contributed by atoms with E-state index in [1.807, 2.05) is 0 Å². The number of ether oxygens (including phenoxy) is 1. The van der Waals surface area contributed by atoms with Gasteiger partial charge in [-0.25, -0.2) is 0 Å². The minimum absolute atomic E-state index is 0.0470. The highest BCUT2D eigenvalue weighted by atomic mass is 35.5. The minimum Gasteiger partial charge on any atom is -0.482 e. The maximum absolute atomic E-state index is 12.2. The van der Waals surface area contributed by atoms with Gasteiger partial charge in [0.25, 0.3) is 5.91 Å². The number of thioether (sulfide) groups is 1. The summed E-state index contributed by atoms with van der Waals surface area (Å²) in [5, 5.41) is 5.83. The van der Waals surface area contributed by atoms with Crippen LogP contribution >= 0.6 is 23.4 Å². The fourth-order valence-electron chi connectivity index (χ4n) is 2.47. The Morgan fingerprint density at radius 2 is 2.08 bits per heavy atom. The first kappa shape index (κ1) is 18.6. The number of fused-ring (bicyclic) bond motifs is 1. The largest absolute Gasteiger partial charge is 0.482 e. The van der Waals surface area contributed by atoms with Crippen LogP contribution in [0.25, 0.3) is 0 Å². The molecule has 0 unspecified atom stereocenters. The van der Waals surface area contributed by atoms with Gasteiger partial charge >= 0.3 is 0 Å². The van der Waals surface area contributed by atoms with Gasteiger partial charge in [-0.15, -0.1) is 11.8 Å². The summed E-state index contributed by atoms with van der Waals surface area (Å²) in [5.41, 5.74) is 3.48. The fraction of sp³-hybridized carbons (Fsp3) is 0.263. The van der Waals surface area contributed by atoms with Gasteiger partial charge in [0.2, 0.25) is 5.91 Å². The van der Waals surface area contributed by atoms with Crippen molar-refractivity contribution in [1.29, 1.82) is 0 Å². The first-order chi connectivity index (χ1) is 12.4. The molecule has 0 radical (unpaired) electrons. The Labute approximate surface area is 161 Å². The van der Waals surface area contributed by atoms with Crippen LogP contribution in [-0.2, 0) is 9.59 Å². The van der Waals surface area contributed by atoms with Gasteiger partial charge in [-0.2, -0.15) is 0 Å². The van der Waals surface area contributed by atoms with E-state index in [1.54, 1.807) is 23.9 Å². The zero-order valence-electron chi connectivity index (χ0n) is 14.5. The van der Waals surface area contributed by atoms with Crippen LogP contribution in [0.3, 0.4) is 0 Å². The van der Waals surface area contributed by atoms with Crippen molar-refractivity contribution < 1.29 is 14.3 Å². The van der Waals surface area contributed by atoms with E-state index in [1.165, 1.54) is 11.1 Å². The Bertz CT molecular complexity index is 870. The molecule has 26 heavy (non-hydrogen) atoms. The second-order valence-electron chi connectivity index (χ2n) is 6.06. The number of nitrogens with one attached hydrogen (secondary N) is 2. The number of rotatable bonds is 5. The average molecular weight is 391 g/mol. The van der Waals surface area contributed by atoms with Crippen LogP contribution in [0.15, 0.2) is 35.2 Å². The Balaban J connectivity index is 1.56. The molecule has 0 saturated heterocycles. The summed E-state index contributed by atoms with van der Waals surface area (Å²) in [5.74, 6) is 0.814. The molecule has 0 atom stereocenters. The second-order valence-corrected chi connectivity index (χ2v) is 7.63. The first-order valence-corrected chi connectivity index (χ1v) is 9.55. The molecule has 0 spiro atoms. The lowest BCUT2D eigenvalue weighted by molar-refractivity contribution is -0.118. The molecule has 0 saturated carbocycles. The van der Waals surface area contributed by atoms with Crippen molar-refractivity contribution in [3.05, 3.63) is 46.5 Å². The Kier molecular flexibility index (Phi) is 5.74. The third-order valence-corrected chi connectivity index (χ3v) is 5.36. The van der Waals surface area contributed by atoms with Gasteiger partial charge in [-0.3, -0.25) is 9.59 Å². The SMILES string of the molecule is Cc1ccc(SCCC(=O)Nc2cc3c(cc2Cl)NC(=O)CO3)cc1C. The number of carbonyl (C=O) groups excluding carboxylic acids is 2. The molecule has 2 aromatic carbocycles. The molecule has 2 N–H and O–H groups in total. The first-order valence-electron chi connectivity index (χ1n) is 8.18. The van der Waals surface area contributed by atoms with Crippen LogP contribution in [-0.4, -0.2) is 24.2 Å². The van der Waals surface area contributed by atoms with E-state index < -0.39 is 0 Å². The molecule has 0 fully saturated rings. The Morgan fingerprint density at radius 3 is 2.85 bits per heavy atom. The van der Waals surface area contributed by atoms with Crippen molar-refractivity contribution in [3.8, 4) is 5.75 Å². The van der Waals surface area contributed by atoms with Gasteiger partial charge in [0, 0.05) is 23.1 Å². The Hall–Kier alpha value is -2.18. The van der Waals surface area contributed by atoms with Crippen LogP contribution in [0.1, 0.15) is 17.5 Å². The summed E-state index contributed by atoms with van der Waals surface area (Å²) in [6.07, 6.45) is 0.364. The minimum atomic E-state index is -0.228. The van der Waals surface area contributed by atoms with Crippen molar-refractivity contribution in [1.82, 2.24) is 0 Å². The highest BCUT2D eigenvalue weighted by Gasteiger charge is 2.19. The van der Waals surface area contributed by atoms with E-state index in [2.05, 4.69) is 42.7 Å². The number of aryl methyl sites for hydroxylation is 2. The van der Waals surface area contributed by atoms with Gasteiger partial charge in [0.05, 0.1) is 16.4 Å². The summed E-state index contributed by atoms with van der Waals surface area (Å²) in [6, 6.07) is 9.49. The number of benzene rings is 2. The zero-order valence-corrected chi connectivity index (χ0v) is 16.1. The second kappa shape index (κ2) is 8.01. The summed E-state index contributed by atoms with van der Waals surface area (Å²) in [4.78, 5) is 24.7. The fourth-order valence-corrected chi connectivity index (χ4v) is 3.63. The lowest BCUT2D eigenvalue weighted by Crippen LogP contribution is -2.25.